The van der Waals surface area contributed by atoms with Crippen LogP contribution in [-0.2, 0) is 19.1 Å². The van der Waals surface area contributed by atoms with Crippen molar-refractivity contribution in [1.29, 1.82) is 0 Å². The molecule has 2 rings (SSSR count). The monoisotopic (exact) mass is 364 g/mol. The fraction of sp³-hybridized carbons (Fsp3) is 0.579. The number of hydrogen-bond acceptors (Lipinski definition) is 5. The smallest absolute Gasteiger partial charge is 0.228 e. The number of ether oxygens (including phenoxy) is 3. The molecule has 7 nitrogen and oxygen atoms in total. The van der Waals surface area contributed by atoms with Gasteiger partial charge in [0, 0.05) is 40.3 Å². The van der Waals surface area contributed by atoms with Crippen molar-refractivity contribution in [2.24, 2.45) is 5.92 Å². The number of methoxy groups -OCH3 is 2. The Morgan fingerprint density at radius 1 is 1.19 bits per heavy atom. The Bertz CT molecular complexity index is 599. The molecule has 1 atom stereocenters. The molecule has 144 valence electrons. The van der Waals surface area contributed by atoms with Gasteiger partial charge < -0.3 is 24.0 Å². The normalized spacial score (nSPS) is 16.8. The van der Waals surface area contributed by atoms with Gasteiger partial charge in [0.1, 0.15) is 5.75 Å². The van der Waals surface area contributed by atoms with E-state index >= 15 is 0 Å². The Balaban J connectivity index is 2.11. The van der Waals surface area contributed by atoms with E-state index in [1.807, 2.05) is 31.2 Å². The average Bonchev–Trinajstić information content (AvgIpc) is 3.04. The lowest BCUT2D eigenvalue weighted by atomic mass is 10.1. The van der Waals surface area contributed by atoms with Crippen LogP contribution in [0.1, 0.15) is 13.3 Å². The van der Waals surface area contributed by atoms with Crippen molar-refractivity contribution < 1.29 is 23.8 Å². The summed E-state index contributed by atoms with van der Waals surface area (Å²) in [5.74, 6) is 0.191. The van der Waals surface area contributed by atoms with Gasteiger partial charge in [-0.25, -0.2) is 0 Å². The van der Waals surface area contributed by atoms with Crippen LogP contribution in [0.5, 0.6) is 5.75 Å². The molecule has 0 bridgehead atoms. The van der Waals surface area contributed by atoms with Crippen LogP contribution in [0.3, 0.4) is 0 Å². The van der Waals surface area contributed by atoms with E-state index in [0.717, 1.165) is 5.69 Å². The first kappa shape index (κ1) is 20.2. The van der Waals surface area contributed by atoms with Crippen LogP contribution in [0.25, 0.3) is 0 Å². The van der Waals surface area contributed by atoms with Crippen LogP contribution in [0.15, 0.2) is 24.3 Å². The number of carbonyl (C=O) groups excluding carboxylic acids is 2. The second-order valence-electron chi connectivity index (χ2n) is 6.12. The second kappa shape index (κ2) is 10.1. The molecule has 1 aliphatic rings. The number of anilines is 1. The van der Waals surface area contributed by atoms with E-state index in [1.165, 1.54) is 0 Å². The minimum atomic E-state index is -0.370. The standard InChI is InChI=1S/C19H28N2O5/c1-4-26-17-8-6-5-7-16(17)21-14-15(13-18(21)22)19(23)20(9-11-24-2)10-12-25-3/h5-8,15H,4,9-14H2,1-3H3. The van der Waals surface area contributed by atoms with Crippen molar-refractivity contribution in [3.05, 3.63) is 24.3 Å². The fourth-order valence-corrected chi connectivity index (χ4v) is 3.06. The van der Waals surface area contributed by atoms with Gasteiger partial charge in [-0.15, -0.1) is 0 Å². The molecule has 1 fully saturated rings. The number of benzene rings is 1. The zero-order chi connectivity index (χ0) is 18.9. The first-order chi connectivity index (χ1) is 12.6. The van der Waals surface area contributed by atoms with E-state index in [4.69, 9.17) is 14.2 Å². The molecule has 0 aromatic heterocycles. The van der Waals surface area contributed by atoms with Crippen molar-refractivity contribution in [3.63, 3.8) is 0 Å². The van der Waals surface area contributed by atoms with E-state index in [0.29, 0.717) is 45.2 Å². The summed E-state index contributed by atoms with van der Waals surface area (Å²) >= 11 is 0. The van der Waals surface area contributed by atoms with Gasteiger partial charge >= 0.3 is 0 Å². The van der Waals surface area contributed by atoms with Crippen LogP contribution < -0.4 is 9.64 Å². The predicted octanol–water partition coefficient (Wildman–Crippen LogP) is 1.56. The Morgan fingerprint density at radius 3 is 2.46 bits per heavy atom. The van der Waals surface area contributed by atoms with Crippen molar-refractivity contribution >= 4 is 17.5 Å². The highest BCUT2D eigenvalue weighted by atomic mass is 16.5. The van der Waals surface area contributed by atoms with E-state index < -0.39 is 0 Å². The third-order valence-corrected chi connectivity index (χ3v) is 4.37. The van der Waals surface area contributed by atoms with Crippen molar-refractivity contribution in [3.8, 4) is 5.75 Å². The van der Waals surface area contributed by atoms with Crippen molar-refractivity contribution in [2.75, 3.05) is 58.6 Å². The molecule has 0 radical (unpaired) electrons. The maximum atomic E-state index is 12.9. The number of amides is 2. The Morgan fingerprint density at radius 2 is 1.85 bits per heavy atom. The molecular formula is C19H28N2O5. The van der Waals surface area contributed by atoms with Crippen LogP contribution >= 0.6 is 0 Å². The highest BCUT2D eigenvalue weighted by Crippen LogP contribution is 2.33. The van der Waals surface area contributed by atoms with Crippen molar-refractivity contribution in [1.82, 2.24) is 4.90 Å². The molecular weight excluding hydrogens is 336 g/mol. The molecule has 26 heavy (non-hydrogen) atoms. The van der Waals surface area contributed by atoms with Gasteiger partial charge in [-0.3, -0.25) is 9.59 Å². The largest absolute Gasteiger partial charge is 0.492 e. The molecule has 0 N–H and O–H groups in total. The van der Waals surface area contributed by atoms with Crippen molar-refractivity contribution in [2.45, 2.75) is 13.3 Å². The number of para-hydroxylation sites is 2. The van der Waals surface area contributed by atoms with Gasteiger partial charge in [-0.2, -0.15) is 0 Å². The van der Waals surface area contributed by atoms with Gasteiger partial charge in [0.25, 0.3) is 0 Å². The molecule has 0 spiro atoms. The Hall–Kier alpha value is -2.12. The summed E-state index contributed by atoms with van der Waals surface area (Å²) < 4.78 is 15.8. The number of rotatable bonds is 10. The molecule has 7 heteroatoms. The number of hydrogen-bond donors (Lipinski definition) is 0. The molecule has 0 saturated carbocycles. The first-order valence-corrected chi connectivity index (χ1v) is 8.91. The lowest BCUT2D eigenvalue weighted by Gasteiger charge is -2.25. The lowest BCUT2D eigenvalue weighted by molar-refractivity contribution is -0.137. The van der Waals surface area contributed by atoms with E-state index in [2.05, 4.69) is 0 Å². The molecule has 1 unspecified atom stereocenters. The zero-order valence-corrected chi connectivity index (χ0v) is 15.8. The SMILES string of the molecule is CCOc1ccccc1N1CC(C(=O)N(CCOC)CCOC)CC1=O. The maximum Gasteiger partial charge on any atom is 0.228 e. The number of carbonyl (C=O) groups is 2. The average molecular weight is 364 g/mol. The van der Waals surface area contributed by atoms with Gasteiger partial charge in [0.15, 0.2) is 0 Å². The first-order valence-electron chi connectivity index (χ1n) is 8.91. The summed E-state index contributed by atoms with van der Waals surface area (Å²) in [6, 6.07) is 7.42. The van der Waals surface area contributed by atoms with Crippen LogP contribution in [0, 0.1) is 5.92 Å². The zero-order valence-electron chi connectivity index (χ0n) is 15.8. The Labute approximate surface area is 154 Å². The highest BCUT2D eigenvalue weighted by Gasteiger charge is 2.38. The van der Waals surface area contributed by atoms with Crippen LogP contribution in [0.2, 0.25) is 0 Å². The third-order valence-electron chi connectivity index (χ3n) is 4.37. The third kappa shape index (κ3) is 4.95. The summed E-state index contributed by atoms with van der Waals surface area (Å²) in [4.78, 5) is 28.8. The van der Waals surface area contributed by atoms with Gasteiger partial charge in [0.2, 0.25) is 11.8 Å². The quantitative estimate of drug-likeness (QED) is 0.630. The number of nitrogens with zero attached hydrogens (tertiary/aromatic N) is 2. The van der Waals surface area contributed by atoms with Crippen LogP contribution in [-0.4, -0.2) is 70.4 Å². The molecule has 1 aliphatic heterocycles. The maximum absolute atomic E-state index is 12.9. The van der Waals surface area contributed by atoms with Crippen LogP contribution in [0.4, 0.5) is 5.69 Å². The highest BCUT2D eigenvalue weighted by molar-refractivity contribution is 6.01. The van der Waals surface area contributed by atoms with E-state index in [9.17, 15) is 9.59 Å². The van der Waals surface area contributed by atoms with Gasteiger partial charge in [0.05, 0.1) is 31.4 Å². The summed E-state index contributed by atoms with van der Waals surface area (Å²) in [7, 11) is 3.20. The summed E-state index contributed by atoms with van der Waals surface area (Å²) in [6.45, 7) is 4.65. The summed E-state index contributed by atoms with van der Waals surface area (Å²) in [5.41, 5.74) is 0.718. The molecule has 1 aromatic rings. The minimum absolute atomic E-state index is 0.0381. The summed E-state index contributed by atoms with van der Waals surface area (Å²) in [6.07, 6.45) is 0.204. The molecule has 1 aromatic carbocycles. The molecule has 0 aliphatic carbocycles. The lowest BCUT2D eigenvalue weighted by Crippen LogP contribution is -2.41. The van der Waals surface area contributed by atoms with Gasteiger partial charge in [-0.05, 0) is 19.1 Å². The summed E-state index contributed by atoms with van der Waals surface area (Å²) in [5, 5.41) is 0. The predicted molar refractivity (Wildman–Crippen MR) is 98.4 cm³/mol. The molecule has 1 heterocycles. The second-order valence-corrected chi connectivity index (χ2v) is 6.12. The van der Waals surface area contributed by atoms with Gasteiger partial charge in [-0.1, -0.05) is 12.1 Å². The van der Waals surface area contributed by atoms with E-state index in [-0.39, 0.29) is 24.2 Å². The molecule has 2 amide bonds. The Kier molecular flexibility index (Phi) is 7.87. The minimum Gasteiger partial charge on any atom is -0.492 e. The molecule has 1 saturated heterocycles. The topological polar surface area (TPSA) is 68.3 Å². The fourth-order valence-electron chi connectivity index (χ4n) is 3.06. The van der Waals surface area contributed by atoms with E-state index in [1.54, 1.807) is 24.0 Å².